The first-order valence-corrected chi connectivity index (χ1v) is 6.41. The monoisotopic (exact) mass is 235 g/mol. The molecule has 0 saturated heterocycles. The summed E-state index contributed by atoms with van der Waals surface area (Å²) in [5.41, 5.74) is 8.12. The van der Waals surface area contributed by atoms with E-state index in [0.717, 1.165) is 18.7 Å². The van der Waals surface area contributed by atoms with E-state index in [2.05, 4.69) is 40.3 Å². The summed E-state index contributed by atoms with van der Waals surface area (Å²) < 4.78 is 2.13. The molecule has 0 aliphatic carbocycles. The smallest absolute Gasteiger partial charge is 0.0926 e. The first-order valence-electron chi connectivity index (χ1n) is 5.53. The lowest BCUT2D eigenvalue weighted by Crippen LogP contribution is -2.04. The van der Waals surface area contributed by atoms with Crippen molar-refractivity contribution in [2.75, 3.05) is 0 Å². The Hall–Kier alpha value is -1.13. The lowest BCUT2D eigenvalue weighted by atomic mass is 10.2. The van der Waals surface area contributed by atoms with Gasteiger partial charge in [-0.25, -0.2) is 4.98 Å². The van der Waals surface area contributed by atoms with Crippen LogP contribution in [0.3, 0.4) is 0 Å². The predicted octanol–water partition coefficient (Wildman–Crippen LogP) is 2.58. The highest BCUT2D eigenvalue weighted by Gasteiger charge is 2.04. The zero-order valence-corrected chi connectivity index (χ0v) is 10.5. The van der Waals surface area contributed by atoms with Crippen LogP contribution in [0.25, 0.3) is 0 Å². The van der Waals surface area contributed by atoms with Gasteiger partial charge in [0.1, 0.15) is 0 Å². The molecule has 2 aromatic heterocycles. The second kappa shape index (κ2) is 4.80. The summed E-state index contributed by atoms with van der Waals surface area (Å²) in [6, 6.07) is 2.17. The maximum Gasteiger partial charge on any atom is 0.0926 e. The van der Waals surface area contributed by atoms with Gasteiger partial charge >= 0.3 is 0 Å². The number of nitrogens with zero attached hydrogens (tertiary/aromatic N) is 2. The molecular weight excluding hydrogens is 218 g/mol. The largest absolute Gasteiger partial charge is 0.348 e. The Morgan fingerprint density at radius 1 is 1.56 bits per heavy atom. The molecule has 1 atom stereocenters. The number of aromatic nitrogens is 2. The van der Waals surface area contributed by atoms with Crippen molar-refractivity contribution in [2.45, 2.75) is 32.9 Å². The number of hydrogen-bond donors (Lipinski definition) is 1. The van der Waals surface area contributed by atoms with Gasteiger partial charge in [0.15, 0.2) is 0 Å². The minimum absolute atomic E-state index is 0.0999. The summed E-state index contributed by atoms with van der Waals surface area (Å²) in [7, 11) is 0. The molecule has 0 radical (unpaired) electrons. The minimum Gasteiger partial charge on any atom is -0.348 e. The van der Waals surface area contributed by atoms with Gasteiger partial charge in [-0.15, -0.1) is 11.3 Å². The van der Waals surface area contributed by atoms with Crippen molar-refractivity contribution in [3.8, 4) is 0 Å². The third-order valence-electron chi connectivity index (χ3n) is 2.55. The van der Waals surface area contributed by atoms with E-state index < -0.39 is 0 Å². The molecular formula is C12H17N3S. The van der Waals surface area contributed by atoms with E-state index in [1.165, 1.54) is 10.6 Å². The van der Waals surface area contributed by atoms with Gasteiger partial charge in [-0.3, -0.25) is 0 Å². The molecule has 16 heavy (non-hydrogen) atoms. The van der Waals surface area contributed by atoms with Gasteiger partial charge < -0.3 is 10.3 Å². The van der Waals surface area contributed by atoms with Crippen molar-refractivity contribution in [1.82, 2.24) is 9.55 Å². The molecule has 4 heteroatoms. The number of hydrogen-bond acceptors (Lipinski definition) is 3. The fourth-order valence-electron chi connectivity index (χ4n) is 1.60. The van der Waals surface area contributed by atoms with Gasteiger partial charge in [0, 0.05) is 23.8 Å². The molecule has 0 fully saturated rings. The Kier molecular flexibility index (Phi) is 3.41. The third-order valence-corrected chi connectivity index (χ3v) is 3.59. The standard InChI is InChI=1S/C12H17N3S/c1-3-12-14-11(8-16-12)7-15-5-4-10(6-15)9(2)13/h4-6,8-9H,3,7,13H2,1-2H3. The first kappa shape index (κ1) is 11.4. The second-order valence-corrected chi connectivity index (χ2v) is 4.93. The van der Waals surface area contributed by atoms with E-state index >= 15 is 0 Å². The summed E-state index contributed by atoms with van der Waals surface area (Å²) in [4.78, 5) is 4.54. The molecule has 1 unspecified atom stereocenters. The average molecular weight is 235 g/mol. The van der Waals surface area contributed by atoms with Crippen LogP contribution in [0.2, 0.25) is 0 Å². The first-order chi connectivity index (χ1) is 7.69. The number of aryl methyl sites for hydroxylation is 1. The van der Waals surface area contributed by atoms with Crippen LogP contribution in [0.5, 0.6) is 0 Å². The fourth-order valence-corrected chi connectivity index (χ4v) is 2.33. The zero-order valence-electron chi connectivity index (χ0n) is 9.68. The van der Waals surface area contributed by atoms with E-state index in [1.807, 2.05) is 6.92 Å². The highest BCUT2D eigenvalue weighted by molar-refractivity contribution is 7.09. The van der Waals surface area contributed by atoms with Crippen LogP contribution in [0.4, 0.5) is 0 Å². The van der Waals surface area contributed by atoms with Gasteiger partial charge in [0.05, 0.1) is 17.2 Å². The van der Waals surface area contributed by atoms with Crippen molar-refractivity contribution in [1.29, 1.82) is 0 Å². The Morgan fingerprint density at radius 3 is 2.94 bits per heavy atom. The van der Waals surface area contributed by atoms with E-state index in [1.54, 1.807) is 11.3 Å². The van der Waals surface area contributed by atoms with E-state index in [-0.39, 0.29) is 6.04 Å². The summed E-state index contributed by atoms with van der Waals surface area (Å²) in [5, 5.41) is 3.33. The van der Waals surface area contributed by atoms with Crippen LogP contribution >= 0.6 is 11.3 Å². The number of thiazole rings is 1. The molecule has 3 nitrogen and oxygen atoms in total. The van der Waals surface area contributed by atoms with Crippen LogP contribution in [-0.2, 0) is 13.0 Å². The second-order valence-electron chi connectivity index (χ2n) is 3.99. The topological polar surface area (TPSA) is 43.8 Å². The molecule has 0 spiro atoms. The molecule has 0 aliphatic heterocycles. The Labute approximate surface area is 99.9 Å². The zero-order chi connectivity index (χ0) is 11.5. The van der Waals surface area contributed by atoms with Crippen LogP contribution in [-0.4, -0.2) is 9.55 Å². The SMILES string of the molecule is CCc1nc(Cn2ccc(C(C)N)c2)cs1. The number of rotatable bonds is 4. The lowest BCUT2D eigenvalue weighted by molar-refractivity contribution is 0.763. The molecule has 0 aliphatic rings. The highest BCUT2D eigenvalue weighted by atomic mass is 32.1. The van der Waals surface area contributed by atoms with Gasteiger partial charge in [-0.05, 0) is 25.0 Å². The Balaban J connectivity index is 2.08. The lowest BCUT2D eigenvalue weighted by Gasteiger charge is -2.01. The number of nitrogens with two attached hydrogens (primary N) is 1. The van der Waals surface area contributed by atoms with E-state index in [4.69, 9.17) is 5.73 Å². The van der Waals surface area contributed by atoms with E-state index in [9.17, 15) is 0 Å². The summed E-state index contributed by atoms with van der Waals surface area (Å²) >= 11 is 1.73. The predicted molar refractivity (Wildman–Crippen MR) is 67.6 cm³/mol. The summed E-state index contributed by atoms with van der Waals surface area (Å²) in [6.45, 7) is 4.97. The highest BCUT2D eigenvalue weighted by Crippen LogP contribution is 2.14. The molecule has 0 aromatic carbocycles. The minimum atomic E-state index is 0.0999. The molecule has 2 N–H and O–H groups in total. The summed E-state index contributed by atoms with van der Waals surface area (Å²) in [6.07, 6.45) is 5.17. The Morgan fingerprint density at radius 2 is 2.38 bits per heavy atom. The normalized spacial score (nSPS) is 12.9. The average Bonchev–Trinajstić information content (AvgIpc) is 2.87. The molecule has 0 saturated carbocycles. The van der Waals surface area contributed by atoms with Crippen LogP contribution in [0, 0.1) is 0 Å². The molecule has 2 aromatic rings. The quantitative estimate of drug-likeness (QED) is 0.885. The maximum absolute atomic E-state index is 5.82. The fraction of sp³-hybridized carbons (Fsp3) is 0.417. The van der Waals surface area contributed by atoms with Crippen molar-refractivity contribution >= 4 is 11.3 Å². The van der Waals surface area contributed by atoms with Crippen molar-refractivity contribution < 1.29 is 0 Å². The van der Waals surface area contributed by atoms with Crippen molar-refractivity contribution in [2.24, 2.45) is 5.73 Å². The summed E-state index contributed by atoms with van der Waals surface area (Å²) in [5.74, 6) is 0. The van der Waals surface area contributed by atoms with Gasteiger partial charge in [0.25, 0.3) is 0 Å². The molecule has 86 valence electrons. The van der Waals surface area contributed by atoms with Crippen LogP contribution < -0.4 is 5.73 Å². The van der Waals surface area contributed by atoms with Crippen LogP contribution in [0.15, 0.2) is 23.8 Å². The Bertz CT molecular complexity index is 456. The van der Waals surface area contributed by atoms with E-state index in [0.29, 0.717) is 0 Å². The third kappa shape index (κ3) is 2.51. The van der Waals surface area contributed by atoms with Gasteiger partial charge in [0.2, 0.25) is 0 Å². The molecule has 2 heterocycles. The van der Waals surface area contributed by atoms with Crippen molar-refractivity contribution in [3.05, 3.63) is 40.1 Å². The van der Waals surface area contributed by atoms with Gasteiger partial charge in [-0.2, -0.15) is 0 Å². The molecule has 0 amide bonds. The maximum atomic E-state index is 5.82. The van der Waals surface area contributed by atoms with Crippen molar-refractivity contribution in [3.63, 3.8) is 0 Å². The molecule has 0 bridgehead atoms. The van der Waals surface area contributed by atoms with Gasteiger partial charge in [-0.1, -0.05) is 6.92 Å². The molecule has 2 rings (SSSR count). The van der Waals surface area contributed by atoms with Crippen LogP contribution in [0.1, 0.15) is 36.2 Å².